The van der Waals surface area contributed by atoms with Gasteiger partial charge in [-0.25, -0.2) is 0 Å². The van der Waals surface area contributed by atoms with Crippen LogP contribution >= 0.6 is 15.9 Å². The molecular formula is C6H9BrO2. The molecule has 0 saturated carbocycles. The lowest BCUT2D eigenvalue weighted by molar-refractivity contribution is -0.144. The maximum absolute atomic E-state index is 10.9. The van der Waals surface area contributed by atoms with E-state index in [0.29, 0.717) is 11.9 Å². The zero-order valence-electron chi connectivity index (χ0n) is 5.32. The molecule has 0 N–H and O–H groups in total. The minimum absolute atomic E-state index is 0.0700. The van der Waals surface area contributed by atoms with Crippen molar-refractivity contribution in [3.63, 3.8) is 0 Å². The first-order valence-corrected chi connectivity index (χ1v) is 4.04. The highest BCUT2D eigenvalue weighted by Crippen LogP contribution is 2.30. The van der Waals surface area contributed by atoms with E-state index >= 15 is 0 Å². The maximum Gasteiger partial charge on any atom is 0.312 e. The molecule has 1 heterocycles. The van der Waals surface area contributed by atoms with Crippen LogP contribution < -0.4 is 0 Å². The highest BCUT2D eigenvalue weighted by atomic mass is 79.9. The van der Waals surface area contributed by atoms with Crippen LogP contribution in [-0.2, 0) is 9.53 Å². The molecule has 0 spiro atoms. The lowest BCUT2D eigenvalue weighted by Gasteiger charge is -2.12. The summed E-state index contributed by atoms with van der Waals surface area (Å²) in [7, 11) is 0. The molecule has 3 heteroatoms. The van der Waals surface area contributed by atoms with Crippen LogP contribution in [0.15, 0.2) is 0 Å². The predicted octanol–water partition coefficient (Wildman–Crippen LogP) is 1.33. The van der Waals surface area contributed by atoms with Gasteiger partial charge in [0, 0.05) is 5.33 Å². The second-order valence-electron chi connectivity index (χ2n) is 2.58. The predicted molar refractivity (Wildman–Crippen MR) is 37.5 cm³/mol. The van der Waals surface area contributed by atoms with Gasteiger partial charge in [-0.2, -0.15) is 0 Å². The third-order valence-electron chi connectivity index (χ3n) is 1.67. The third kappa shape index (κ3) is 1.11. The van der Waals surface area contributed by atoms with Gasteiger partial charge in [0.15, 0.2) is 0 Å². The zero-order chi connectivity index (χ0) is 6.91. The molecule has 2 nitrogen and oxygen atoms in total. The van der Waals surface area contributed by atoms with E-state index in [2.05, 4.69) is 15.9 Å². The van der Waals surface area contributed by atoms with Gasteiger partial charge in [0.05, 0.1) is 12.0 Å². The summed E-state index contributed by atoms with van der Waals surface area (Å²) in [5, 5.41) is 0.707. The fraction of sp³-hybridized carbons (Fsp3) is 0.833. The first-order valence-electron chi connectivity index (χ1n) is 2.92. The van der Waals surface area contributed by atoms with Crippen molar-refractivity contribution in [2.24, 2.45) is 5.41 Å². The molecule has 1 rings (SSSR count). The largest absolute Gasteiger partial charge is 0.465 e. The fourth-order valence-corrected chi connectivity index (χ4v) is 1.28. The Morgan fingerprint density at radius 1 is 1.89 bits per heavy atom. The summed E-state index contributed by atoms with van der Waals surface area (Å²) in [6.07, 6.45) is 0.844. The zero-order valence-corrected chi connectivity index (χ0v) is 6.90. The molecule has 0 amide bonds. The Labute approximate surface area is 62.7 Å². The van der Waals surface area contributed by atoms with E-state index in [1.165, 1.54) is 0 Å². The van der Waals surface area contributed by atoms with E-state index in [9.17, 15) is 4.79 Å². The molecule has 0 aromatic carbocycles. The van der Waals surface area contributed by atoms with Crippen molar-refractivity contribution < 1.29 is 9.53 Å². The summed E-state index contributed by atoms with van der Waals surface area (Å²) in [6, 6.07) is 0. The van der Waals surface area contributed by atoms with Crippen LogP contribution in [0.1, 0.15) is 13.3 Å². The van der Waals surface area contributed by atoms with Crippen molar-refractivity contribution in [2.75, 3.05) is 11.9 Å². The molecule has 0 bridgehead atoms. The van der Waals surface area contributed by atoms with E-state index in [0.717, 1.165) is 6.42 Å². The minimum Gasteiger partial charge on any atom is -0.465 e. The van der Waals surface area contributed by atoms with Crippen molar-refractivity contribution >= 4 is 21.9 Å². The van der Waals surface area contributed by atoms with E-state index in [1.807, 2.05) is 6.92 Å². The molecule has 0 aliphatic carbocycles. The average Bonchev–Trinajstić information content (AvgIpc) is 2.15. The highest BCUT2D eigenvalue weighted by molar-refractivity contribution is 9.09. The van der Waals surface area contributed by atoms with Crippen molar-refractivity contribution in [1.29, 1.82) is 0 Å². The minimum atomic E-state index is -0.250. The van der Waals surface area contributed by atoms with Gasteiger partial charge in [-0.1, -0.05) is 15.9 Å². The number of halogens is 1. The number of ether oxygens (including phenoxy) is 1. The van der Waals surface area contributed by atoms with Gasteiger partial charge in [-0.05, 0) is 13.3 Å². The summed E-state index contributed by atoms with van der Waals surface area (Å²) >= 11 is 3.27. The number of carbonyl (C=O) groups excluding carboxylic acids is 1. The average molecular weight is 193 g/mol. The topological polar surface area (TPSA) is 26.3 Å². The summed E-state index contributed by atoms with van der Waals surface area (Å²) < 4.78 is 4.79. The molecule has 0 aromatic rings. The first-order chi connectivity index (χ1) is 4.19. The summed E-state index contributed by atoms with van der Waals surface area (Å²) in [4.78, 5) is 10.9. The van der Waals surface area contributed by atoms with E-state index in [1.54, 1.807) is 0 Å². The molecule has 1 aliphatic heterocycles. The smallest absolute Gasteiger partial charge is 0.312 e. The van der Waals surface area contributed by atoms with E-state index in [4.69, 9.17) is 4.74 Å². The SMILES string of the molecule is C[C@@]1(CBr)CCOC1=O. The second kappa shape index (κ2) is 2.29. The van der Waals surface area contributed by atoms with Crippen molar-refractivity contribution in [1.82, 2.24) is 0 Å². The lowest BCUT2D eigenvalue weighted by atomic mass is 9.92. The molecule has 9 heavy (non-hydrogen) atoms. The standard InChI is InChI=1S/C6H9BrO2/c1-6(4-7)2-3-9-5(6)8/h2-4H2,1H3/t6-/m0/s1. The monoisotopic (exact) mass is 192 g/mol. The van der Waals surface area contributed by atoms with Gasteiger partial charge in [-0.15, -0.1) is 0 Å². The van der Waals surface area contributed by atoms with Crippen LogP contribution in [0.25, 0.3) is 0 Å². The van der Waals surface area contributed by atoms with Gasteiger partial charge in [0.25, 0.3) is 0 Å². The number of rotatable bonds is 1. The fourth-order valence-electron chi connectivity index (χ4n) is 0.767. The normalized spacial score (nSPS) is 34.7. The van der Waals surface area contributed by atoms with Gasteiger partial charge in [-0.3, -0.25) is 4.79 Å². The summed E-state index contributed by atoms with van der Waals surface area (Å²) in [5.74, 6) is -0.0700. The van der Waals surface area contributed by atoms with Crippen molar-refractivity contribution in [3.05, 3.63) is 0 Å². The second-order valence-corrected chi connectivity index (χ2v) is 3.14. The molecule has 0 radical (unpaired) electrons. The third-order valence-corrected chi connectivity index (χ3v) is 2.91. The highest BCUT2D eigenvalue weighted by Gasteiger charge is 2.38. The number of cyclic esters (lactones) is 1. The summed E-state index contributed by atoms with van der Waals surface area (Å²) in [5.41, 5.74) is -0.250. The van der Waals surface area contributed by atoms with Crippen LogP contribution in [-0.4, -0.2) is 17.9 Å². The lowest BCUT2D eigenvalue weighted by Crippen LogP contribution is -2.23. The molecule has 1 aliphatic rings. The molecule has 52 valence electrons. The molecule has 0 unspecified atom stereocenters. The molecule has 1 saturated heterocycles. The Hall–Kier alpha value is -0.0500. The number of hydrogen-bond donors (Lipinski definition) is 0. The van der Waals surface area contributed by atoms with Crippen LogP contribution in [0.3, 0.4) is 0 Å². The Morgan fingerprint density at radius 3 is 2.78 bits per heavy atom. The Balaban J connectivity index is 2.67. The van der Waals surface area contributed by atoms with Crippen molar-refractivity contribution in [2.45, 2.75) is 13.3 Å². The number of alkyl halides is 1. The van der Waals surface area contributed by atoms with Crippen LogP contribution in [0.5, 0.6) is 0 Å². The first kappa shape index (κ1) is 7.06. The van der Waals surface area contributed by atoms with E-state index in [-0.39, 0.29) is 11.4 Å². The van der Waals surface area contributed by atoms with Gasteiger partial charge < -0.3 is 4.74 Å². The van der Waals surface area contributed by atoms with Crippen molar-refractivity contribution in [3.8, 4) is 0 Å². The van der Waals surface area contributed by atoms with Gasteiger partial charge in [0.2, 0.25) is 0 Å². The maximum atomic E-state index is 10.9. The van der Waals surface area contributed by atoms with Gasteiger partial charge >= 0.3 is 5.97 Å². The molecule has 0 aromatic heterocycles. The molecule has 1 atom stereocenters. The Morgan fingerprint density at radius 2 is 2.56 bits per heavy atom. The molecular weight excluding hydrogens is 184 g/mol. The number of carbonyl (C=O) groups is 1. The molecule has 1 fully saturated rings. The Bertz CT molecular complexity index is 135. The van der Waals surface area contributed by atoms with E-state index < -0.39 is 0 Å². The number of esters is 1. The van der Waals surface area contributed by atoms with Crippen LogP contribution in [0.4, 0.5) is 0 Å². The number of hydrogen-bond acceptors (Lipinski definition) is 2. The Kier molecular flexibility index (Phi) is 1.80. The van der Waals surface area contributed by atoms with Gasteiger partial charge in [0.1, 0.15) is 0 Å². The van der Waals surface area contributed by atoms with Crippen LogP contribution in [0.2, 0.25) is 0 Å². The quantitative estimate of drug-likeness (QED) is 0.463. The van der Waals surface area contributed by atoms with Crippen LogP contribution in [0, 0.1) is 5.41 Å². The summed E-state index contributed by atoms with van der Waals surface area (Å²) in [6.45, 7) is 2.50.